The first-order valence-corrected chi connectivity index (χ1v) is 11.9. The number of hydrogen-bond acceptors (Lipinski definition) is 5. The lowest BCUT2D eigenvalue weighted by Gasteiger charge is -2.31. The minimum Gasteiger partial charge on any atom is -0.302 e. The highest BCUT2D eigenvalue weighted by Gasteiger charge is 2.41. The predicted octanol–water partition coefficient (Wildman–Crippen LogP) is 5.07. The van der Waals surface area contributed by atoms with E-state index in [2.05, 4.69) is 31.3 Å². The van der Waals surface area contributed by atoms with Crippen molar-refractivity contribution in [2.24, 2.45) is 5.92 Å². The molecule has 5 nitrogen and oxygen atoms in total. The minimum absolute atomic E-state index is 0.130. The highest BCUT2D eigenvalue weighted by molar-refractivity contribution is 7.21. The number of carbonyl (C=O) groups excluding carboxylic acids is 2. The number of rotatable bonds is 4. The van der Waals surface area contributed by atoms with Crippen molar-refractivity contribution in [3.8, 4) is 10.6 Å². The number of carbonyl (C=O) groups is 2. The van der Waals surface area contributed by atoms with Crippen LogP contribution in [0.3, 0.4) is 0 Å². The quantitative estimate of drug-likeness (QED) is 0.584. The zero-order chi connectivity index (χ0) is 21.5. The molecule has 1 saturated heterocycles. The van der Waals surface area contributed by atoms with Crippen LogP contribution in [0, 0.1) is 12.8 Å². The Morgan fingerprint density at radius 2 is 1.84 bits per heavy atom. The molecular weight excluding hydrogens is 406 g/mol. The Bertz CT molecular complexity index is 1140. The van der Waals surface area contributed by atoms with Crippen molar-refractivity contribution in [2.75, 3.05) is 4.90 Å². The summed E-state index contributed by atoms with van der Waals surface area (Å²) in [5.41, 5.74) is 3.84. The lowest BCUT2D eigenvalue weighted by Crippen LogP contribution is -2.47. The Labute approximate surface area is 186 Å². The number of aromatic nitrogens is 1. The summed E-state index contributed by atoms with van der Waals surface area (Å²) in [5, 5.41) is 4.43. The number of nitrogens with zero attached hydrogens (tertiary/aromatic N) is 2. The van der Waals surface area contributed by atoms with Crippen LogP contribution >= 0.6 is 11.3 Å². The fourth-order valence-corrected chi connectivity index (χ4v) is 5.83. The molecule has 0 radical (unpaired) electrons. The van der Waals surface area contributed by atoms with E-state index in [0.29, 0.717) is 17.6 Å². The summed E-state index contributed by atoms with van der Waals surface area (Å²) in [6.07, 6.45) is 4.94. The summed E-state index contributed by atoms with van der Waals surface area (Å²) in [6, 6.07) is 13.8. The Hall–Kier alpha value is -2.57. The van der Waals surface area contributed by atoms with Crippen LogP contribution in [-0.4, -0.2) is 28.9 Å². The van der Waals surface area contributed by atoms with Gasteiger partial charge in [-0.05, 0) is 67.6 Å². The van der Waals surface area contributed by atoms with E-state index in [1.165, 1.54) is 29.7 Å². The van der Waals surface area contributed by atoms with Gasteiger partial charge in [0.05, 0.1) is 28.4 Å². The molecule has 31 heavy (non-hydrogen) atoms. The van der Waals surface area contributed by atoms with Gasteiger partial charge >= 0.3 is 0 Å². The molecule has 1 aliphatic carbocycles. The van der Waals surface area contributed by atoms with Gasteiger partial charge in [0.1, 0.15) is 5.01 Å². The number of hydrogen-bond donors (Lipinski definition) is 1. The molecule has 1 aromatic heterocycles. The van der Waals surface area contributed by atoms with E-state index in [9.17, 15) is 9.59 Å². The zero-order valence-corrected chi connectivity index (χ0v) is 18.7. The Morgan fingerprint density at radius 1 is 1.06 bits per heavy atom. The highest BCUT2D eigenvalue weighted by Crippen LogP contribution is 2.33. The van der Waals surface area contributed by atoms with Crippen LogP contribution in [0.15, 0.2) is 42.5 Å². The molecule has 1 aliphatic heterocycles. The van der Waals surface area contributed by atoms with E-state index >= 15 is 0 Å². The van der Waals surface area contributed by atoms with Crippen molar-refractivity contribution >= 4 is 39.1 Å². The van der Waals surface area contributed by atoms with Crippen LogP contribution in [0.2, 0.25) is 0 Å². The zero-order valence-electron chi connectivity index (χ0n) is 17.9. The normalized spacial score (nSPS) is 24.3. The van der Waals surface area contributed by atoms with Gasteiger partial charge in [0.2, 0.25) is 5.91 Å². The van der Waals surface area contributed by atoms with Crippen molar-refractivity contribution in [1.29, 1.82) is 0 Å². The van der Waals surface area contributed by atoms with E-state index in [1.807, 2.05) is 30.3 Å². The van der Waals surface area contributed by atoms with Gasteiger partial charge in [-0.15, -0.1) is 11.3 Å². The molecule has 3 atom stereocenters. The van der Waals surface area contributed by atoms with Gasteiger partial charge < -0.3 is 5.32 Å². The summed E-state index contributed by atoms with van der Waals surface area (Å²) in [6.45, 7) is 4.31. The molecule has 0 bridgehead atoms. The standard InChI is InChI=1S/C25H27N3O2S/c1-15-7-12-20-22(13-15)31-24(27-20)17-8-10-18(11-9-17)28-23(29)14-21(25(28)30)26-19-6-4-3-5-16(19)2/h7-13,16,19,21,26H,3-6,14H2,1-2H3/t16-,19-,21+/m0/s1. The minimum atomic E-state index is -0.412. The molecular formula is C25H27N3O2S. The van der Waals surface area contributed by atoms with E-state index in [1.54, 1.807) is 11.3 Å². The summed E-state index contributed by atoms with van der Waals surface area (Å²) in [4.78, 5) is 31.8. The number of amides is 2. The van der Waals surface area contributed by atoms with Crippen LogP contribution < -0.4 is 10.2 Å². The third kappa shape index (κ3) is 3.90. The van der Waals surface area contributed by atoms with Crippen LogP contribution in [0.4, 0.5) is 5.69 Å². The molecule has 1 saturated carbocycles. The average molecular weight is 434 g/mol. The number of anilines is 1. The van der Waals surface area contributed by atoms with E-state index in [0.717, 1.165) is 27.2 Å². The topological polar surface area (TPSA) is 62.3 Å². The van der Waals surface area contributed by atoms with Gasteiger partial charge in [-0.3, -0.25) is 9.59 Å². The number of thiazole rings is 1. The molecule has 6 heteroatoms. The van der Waals surface area contributed by atoms with Crippen LogP contribution in [0.1, 0.15) is 44.6 Å². The van der Waals surface area contributed by atoms with Gasteiger partial charge in [0.25, 0.3) is 5.91 Å². The molecule has 2 amide bonds. The molecule has 2 aliphatic rings. The SMILES string of the molecule is Cc1ccc2nc(-c3ccc(N4C(=O)C[C@@H](N[C@H]5CCCC[C@@H]5C)C4=O)cc3)sc2c1. The molecule has 2 aromatic carbocycles. The highest BCUT2D eigenvalue weighted by atomic mass is 32.1. The second-order valence-electron chi connectivity index (χ2n) is 8.90. The van der Waals surface area contributed by atoms with Gasteiger partial charge in [-0.25, -0.2) is 9.88 Å². The van der Waals surface area contributed by atoms with Crippen molar-refractivity contribution in [2.45, 2.75) is 58.0 Å². The lowest BCUT2D eigenvalue weighted by molar-refractivity contribution is -0.121. The maximum atomic E-state index is 13.0. The fourth-order valence-electron chi connectivity index (χ4n) is 4.76. The van der Waals surface area contributed by atoms with Crippen molar-refractivity contribution in [3.05, 3.63) is 48.0 Å². The van der Waals surface area contributed by atoms with Gasteiger partial charge in [0, 0.05) is 11.6 Å². The summed E-state index contributed by atoms with van der Waals surface area (Å²) in [5.74, 6) is 0.280. The number of benzene rings is 2. The third-order valence-electron chi connectivity index (χ3n) is 6.59. The van der Waals surface area contributed by atoms with Crippen LogP contribution in [0.25, 0.3) is 20.8 Å². The molecule has 2 heterocycles. The van der Waals surface area contributed by atoms with Crippen LogP contribution in [0.5, 0.6) is 0 Å². The Balaban J connectivity index is 1.33. The lowest BCUT2D eigenvalue weighted by atomic mass is 9.85. The van der Waals surface area contributed by atoms with Gasteiger partial charge in [-0.1, -0.05) is 25.8 Å². The molecule has 0 spiro atoms. The smallest absolute Gasteiger partial charge is 0.251 e. The second kappa shape index (κ2) is 8.17. The number of fused-ring (bicyclic) bond motifs is 1. The fraction of sp³-hybridized carbons (Fsp3) is 0.400. The summed E-state index contributed by atoms with van der Waals surface area (Å²) >= 11 is 1.66. The summed E-state index contributed by atoms with van der Waals surface area (Å²) in [7, 11) is 0. The maximum Gasteiger partial charge on any atom is 0.251 e. The summed E-state index contributed by atoms with van der Waals surface area (Å²) < 4.78 is 1.16. The molecule has 5 rings (SSSR count). The number of nitrogens with one attached hydrogen (secondary N) is 1. The molecule has 160 valence electrons. The molecule has 1 N–H and O–H groups in total. The van der Waals surface area contributed by atoms with E-state index < -0.39 is 6.04 Å². The Kier molecular flexibility index (Phi) is 5.36. The van der Waals surface area contributed by atoms with Crippen molar-refractivity contribution < 1.29 is 9.59 Å². The predicted molar refractivity (Wildman–Crippen MR) is 125 cm³/mol. The number of imide groups is 1. The molecule has 3 aromatic rings. The third-order valence-corrected chi connectivity index (χ3v) is 7.66. The monoisotopic (exact) mass is 433 g/mol. The first-order chi connectivity index (χ1) is 15.0. The van der Waals surface area contributed by atoms with E-state index in [-0.39, 0.29) is 18.2 Å². The van der Waals surface area contributed by atoms with Crippen LogP contribution in [-0.2, 0) is 9.59 Å². The van der Waals surface area contributed by atoms with E-state index in [4.69, 9.17) is 4.98 Å². The molecule has 0 unspecified atom stereocenters. The number of aryl methyl sites for hydroxylation is 1. The van der Waals surface area contributed by atoms with Gasteiger partial charge in [0.15, 0.2) is 0 Å². The van der Waals surface area contributed by atoms with Gasteiger partial charge in [-0.2, -0.15) is 0 Å². The average Bonchev–Trinajstić information content (AvgIpc) is 3.30. The maximum absolute atomic E-state index is 13.0. The first kappa shape index (κ1) is 20.3. The van der Waals surface area contributed by atoms with Crippen molar-refractivity contribution in [1.82, 2.24) is 10.3 Å². The van der Waals surface area contributed by atoms with Crippen molar-refractivity contribution in [3.63, 3.8) is 0 Å². The second-order valence-corrected chi connectivity index (χ2v) is 9.93. The Morgan fingerprint density at radius 3 is 2.61 bits per heavy atom. The largest absolute Gasteiger partial charge is 0.302 e. The molecule has 2 fully saturated rings. The first-order valence-electron chi connectivity index (χ1n) is 11.1.